The van der Waals surface area contributed by atoms with Gasteiger partial charge in [0.15, 0.2) is 0 Å². The molecule has 1 aromatic heterocycles. The van der Waals surface area contributed by atoms with Gasteiger partial charge in [-0.15, -0.1) is 11.3 Å². The maximum Gasteiger partial charge on any atom is 0.0832 e. The molecule has 1 nitrogen and oxygen atoms in total. The molecule has 0 amide bonds. The third-order valence-electron chi connectivity index (χ3n) is 4.50. The molecule has 1 unspecified atom stereocenters. The van der Waals surface area contributed by atoms with Crippen molar-refractivity contribution < 1.29 is 5.11 Å². The lowest BCUT2D eigenvalue weighted by atomic mass is 9.84. The molecule has 1 atom stereocenters. The average molecular weight is 353 g/mol. The number of halogens is 1. The zero-order valence-electron chi connectivity index (χ0n) is 11.6. The van der Waals surface area contributed by atoms with Gasteiger partial charge >= 0.3 is 0 Å². The molecule has 20 heavy (non-hydrogen) atoms. The monoisotopic (exact) mass is 352 g/mol. The molecule has 0 bridgehead atoms. The van der Waals surface area contributed by atoms with E-state index in [4.69, 9.17) is 0 Å². The van der Waals surface area contributed by atoms with E-state index in [2.05, 4.69) is 39.5 Å². The van der Waals surface area contributed by atoms with E-state index in [0.29, 0.717) is 5.92 Å². The highest BCUT2D eigenvalue weighted by atomic mass is 79.9. The number of aliphatic hydroxyl groups is 1. The summed E-state index contributed by atoms with van der Waals surface area (Å²) in [4.78, 5) is 0. The fourth-order valence-electron chi connectivity index (χ4n) is 3.33. The highest BCUT2D eigenvalue weighted by molar-refractivity contribution is 9.10. The fourth-order valence-corrected chi connectivity index (χ4v) is 4.98. The summed E-state index contributed by atoms with van der Waals surface area (Å²) in [6.07, 6.45) is 8.63. The lowest BCUT2D eigenvalue weighted by molar-refractivity contribution is 0.0928. The van der Waals surface area contributed by atoms with E-state index in [1.54, 1.807) is 11.3 Å². The molecule has 108 valence electrons. The Morgan fingerprint density at radius 2 is 1.80 bits per heavy atom. The zero-order chi connectivity index (χ0) is 13.9. The summed E-state index contributed by atoms with van der Waals surface area (Å²) in [6.45, 7) is 0. The van der Waals surface area contributed by atoms with Gasteiger partial charge in [0.1, 0.15) is 0 Å². The van der Waals surface area contributed by atoms with Crippen molar-refractivity contribution in [3.8, 4) is 0 Å². The summed E-state index contributed by atoms with van der Waals surface area (Å²) in [5, 5.41) is 14.2. The summed E-state index contributed by atoms with van der Waals surface area (Å²) >= 11 is 5.34. The van der Waals surface area contributed by atoms with E-state index < -0.39 is 0 Å². The first-order chi connectivity index (χ1) is 9.77. The van der Waals surface area contributed by atoms with Crippen molar-refractivity contribution in [2.75, 3.05) is 0 Å². The SMILES string of the molecule is OC(c1csc2c(Br)cccc12)C1CCCCCCC1. The van der Waals surface area contributed by atoms with Crippen LogP contribution in [-0.4, -0.2) is 5.11 Å². The van der Waals surface area contributed by atoms with Crippen molar-refractivity contribution in [2.45, 2.75) is 51.0 Å². The van der Waals surface area contributed by atoms with Crippen molar-refractivity contribution in [1.29, 1.82) is 0 Å². The molecule has 0 spiro atoms. The molecule has 1 N–H and O–H groups in total. The molecule has 3 rings (SSSR count). The Labute approximate surface area is 133 Å². The Hall–Kier alpha value is -0.380. The summed E-state index contributed by atoms with van der Waals surface area (Å²) < 4.78 is 2.39. The molecule has 1 saturated carbocycles. The van der Waals surface area contributed by atoms with E-state index in [9.17, 15) is 5.11 Å². The number of hydrogen-bond acceptors (Lipinski definition) is 2. The van der Waals surface area contributed by atoms with Gasteiger partial charge in [0.05, 0.1) is 6.10 Å². The molecule has 0 saturated heterocycles. The van der Waals surface area contributed by atoms with E-state index in [-0.39, 0.29) is 6.10 Å². The van der Waals surface area contributed by atoms with Crippen LogP contribution in [0.2, 0.25) is 0 Å². The average Bonchev–Trinajstić information content (AvgIpc) is 2.83. The second kappa shape index (κ2) is 6.59. The molecular formula is C17H21BrOS. The van der Waals surface area contributed by atoms with Crippen LogP contribution in [0.25, 0.3) is 10.1 Å². The number of rotatable bonds is 2. The van der Waals surface area contributed by atoms with Gasteiger partial charge in [-0.25, -0.2) is 0 Å². The summed E-state index contributed by atoms with van der Waals surface area (Å²) in [5.41, 5.74) is 1.14. The third kappa shape index (κ3) is 2.95. The normalized spacial score (nSPS) is 19.7. The van der Waals surface area contributed by atoms with Gasteiger partial charge in [-0.05, 0) is 57.1 Å². The fraction of sp³-hybridized carbons (Fsp3) is 0.529. The molecule has 1 aliphatic rings. The third-order valence-corrected chi connectivity index (χ3v) is 6.47. The minimum absolute atomic E-state index is 0.295. The zero-order valence-corrected chi connectivity index (χ0v) is 14.0. The first-order valence-electron chi connectivity index (χ1n) is 7.61. The first kappa shape index (κ1) is 14.6. The van der Waals surface area contributed by atoms with Gasteiger partial charge in [-0.1, -0.05) is 44.2 Å². The topological polar surface area (TPSA) is 20.2 Å². The van der Waals surface area contributed by atoms with Crippen LogP contribution >= 0.6 is 27.3 Å². The molecule has 1 aromatic carbocycles. The molecular weight excluding hydrogens is 332 g/mol. The predicted molar refractivity (Wildman–Crippen MR) is 90.3 cm³/mol. The van der Waals surface area contributed by atoms with E-state index in [1.807, 2.05) is 0 Å². The lowest BCUT2D eigenvalue weighted by Crippen LogP contribution is -2.14. The van der Waals surface area contributed by atoms with E-state index >= 15 is 0 Å². The van der Waals surface area contributed by atoms with Crippen LogP contribution in [0.4, 0.5) is 0 Å². The number of hydrogen-bond donors (Lipinski definition) is 1. The van der Waals surface area contributed by atoms with Crippen LogP contribution in [0.3, 0.4) is 0 Å². The van der Waals surface area contributed by atoms with Crippen LogP contribution in [0.15, 0.2) is 28.1 Å². The Bertz CT molecular complexity index is 569. The van der Waals surface area contributed by atoms with Crippen LogP contribution in [0.1, 0.15) is 56.6 Å². The maximum atomic E-state index is 10.8. The first-order valence-corrected chi connectivity index (χ1v) is 9.28. The number of benzene rings is 1. The minimum atomic E-state index is -0.295. The van der Waals surface area contributed by atoms with Crippen LogP contribution in [0.5, 0.6) is 0 Å². The van der Waals surface area contributed by atoms with E-state index in [1.165, 1.54) is 55.0 Å². The van der Waals surface area contributed by atoms with Crippen LogP contribution < -0.4 is 0 Å². The number of thiophene rings is 1. The molecule has 1 heterocycles. The lowest BCUT2D eigenvalue weighted by Gasteiger charge is -2.24. The molecule has 0 radical (unpaired) electrons. The molecule has 2 aromatic rings. The Balaban J connectivity index is 1.87. The quantitative estimate of drug-likeness (QED) is 0.696. The highest BCUT2D eigenvalue weighted by Crippen LogP contribution is 2.40. The molecule has 0 aliphatic heterocycles. The van der Waals surface area contributed by atoms with Gasteiger partial charge in [0, 0.05) is 9.17 Å². The Morgan fingerprint density at radius 3 is 2.55 bits per heavy atom. The smallest absolute Gasteiger partial charge is 0.0832 e. The van der Waals surface area contributed by atoms with Gasteiger partial charge in [-0.3, -0.25) is 0 Å². The van der Waals surface area contributed by atoms with Gasteiger partial charge in [-0.2, -0.15) is 0 Å². The van der Waals surface area contributed by atoms with Gasteiger partial charge < -0.3 is 5.11 Å². The molecule has 1 aliphatic carbocycles. The van der Waals surface area contributed by atoms with Gasteiger partial charge in [0.2, 0.25) is 0 Å². The van der Waals surface area contributed by atoms with Crippen molar-refractivity contribution in [1.82, 2.24) is 0 Å². The number of fused-ring (bicyclic) bond motifs is 1. The summed E-state index contributed by atoms with van der Waals surface area (Å²) in [7, 11) is 0. The van der Waals surface area contributed by atoms with Crippen molar-refractivity contribution in [3.05, 3.63) is 33.6 Å². The Morgan fingerprint density at radius 1 is 1.10 bits per heavy atom. The second-order valence-electron chi connectivity index (χ2n) is 5.86. The van der Waals surface area contributed by atoms with Crippen molar-refractivity contribution in [3.63, 3.8) is 0 Å². The van der Waals surface area contributed by atoms with Crippen LogP contribution in [0, 0.1) is 5.92 Å². The standard InChI is InChI=1S/C17H21BrOS/c18-15-10-6-9-13-14(11-20-17(13)15)16(19)12-7-4-2-1-3-5-8-12/h6,9-12,16,19H,1-5,7-8H2. The summed E-state index contributed by atoms with van der Waals surface area (Å²) in [5.74, 6) is 0.437. The predicted octanol–water partition coefficient (Wildman–Crippen LogP) is 6.06. The van der Waals surface area contributed by atoms with Gasteiger partial charge in [0.25, 0.3) is 0 Å². The van der Waals surface area contributed by atoms with Crippen LogP contribution in [-0.2, 0) is 0 Å². The molecule has 1 fully saturated rings. The Kier molecular flexibility index (Phi) is 4.79. The van der Waals surface area contributed by atoms with Crippen molar-refractivity contribution in [2.24, 2.45) is 5.92 Å². The molecule has 3 heteroatoms. The minimum Gasteiger partial charge on any atom is -0.388 e. The maximum absolute atomic E-state index is 10.8. The van der Waals surface area contributed by atoms with E-state index in [0.717, 1.165) is 10.0 Å². The highest BCUT2D eigenvalue weighted by Gasteiger charge is 2.24. The number of aliphatic hydroxyl groups excluding tert-OH is 1. The van der Waals surface area contributed by atoms with Crippen molar-refractivity contribution >= 4 is 37.4 Å². The largest absolute Gasteiger partial charge is 0.388 e. The summed E-state index contributed by atoms with van der Waals surface area (Å²) in [6, 6.07) is 6.27. The second-order valence-corrected chi connectivity index (χ2v) is 7.59.